The zero-order valence-electron chi connectivity index (χ0n) is 15.5. The minimum Gasteiger partial charge on any atom is -0.399 e. The number of benzene rings is 4. The number of hydrogen-bond acceptors (Lipinski definition) is 2. The second kappa shape index (κ2) is 7.85. The predicted octanol–water partition coefficient (Wildman–Crippen LogP) is 6.35. The maximum Gasteiger partial charge on any atom is 0.0314 e. The monoisotopic (exact) mass is 362 g/mol. The first-order valence-corrected chi connectivity index (χ1v) is 9.27. The van der Waals surface area contributed by atoms with E-state index in [1.54, 1.807) is 0 Å². The molecule has 0 amide bonds. The van der Waals surface area contributed by atoms with Crippen LogP contribution in [0.1, 0.15) is 22.3 Å². The first-order valence-electron chi connectivity index (χ1n) is 9.27. The second-order valence-corrected chi connectivity index (χ2v) is 6.87. The minimum atomic E-state index is 0.782. The average Bonchev–Trinajstić information content (AvgIpc) is 2.73. The molecule has 2 heteroatoms. The van der Waals surface area contributed by atoms with E-state index in [0.29, 0.717) is 0 Å². The third-order valence-electron chi connectivity index (χ3n) is 4.70. The van der Waals surface area contributed by atoms with Crippen LogP contribution in [0.4, 0.5) is 11.4 Å². The molecule has 0 fully saturated rings. The molecule has 136 valence electrons. The van der Waals surface area contributed by atoms with Crippen LogP contribution in [0.2, 0.25) is 0 Å². The predicted molar refractivity (Wildman–Crippen MR) is 124 cm³/mol. The Balaban J connectivity index is 1.53. The normalized spacial score (nSPS) is 11.6. The molecule has 4 rings (SSSR count). The Bertz CT molecular complexity index is 1060. The molecular weight excluding hydrogens is 340 g/mol. The Morgan fingerprint density at radius 2 is 0.714 bits per heavy atom. The van der Waals surface area contributed by atoms with Gasteiger partial charge in [-0.15, -0.1) is 0 Å². The van der Waals surface area contributed by atoms with Gasteiger partial charge >= 0.3 is 0 Å². The number of nitrogen functional groups attached to an aromatic ring is 2. The molecule has 0 aromatic heterocycles. The van der Waals surface area contributed by atoms with Crippen molar-refractivity contribution in [2.24, 2.45) is 0 Å². The quantitative estimate of drug-likeness (QED) is 0.328. The van der Waals surface area contributed by atoms with Crippen molar-refractivity contribution in [1.82, 2.24) is 0 Å². The molecule has 28 heavy (non-hydrogen) atoms. The molecule has 0 bridgehead atoms. The highest BCUT2D eigenvalue weighted by Crippen LogP contribution is 2.21. The highest BCUT2D eigenvalue weighted by Gasteiger charge is 1.97. The van der Waals surface area contributed by atoms with Gasteiger partial charge in [-0.1, -0.05) is 72.8 Å². The second-order valence-electron chi connectivity index (χ2n) is 6.87. The van der Waals surface area contributed by atoms with Crippen molar-refractivity contribution in [2.45, 2.75) is 0 Å². The first-order chi connectivity index (χ1) is 13.7. The van der Waals surface area contributed by atoms with Gasteiger partial charge in [-0.3, -0.25) is 0 Å². The zero-order valence-corrected chi connectivity index (χ0v) is 15.5. The van der Waals surface area contributed by atoms with Crippen molar-refractivity contribution in [3.8, 4) is 0 Å². The highest BCUT2D eigenvalue weighted by molar-refractivity contribution is 5.88. The summed E-state index contributed by atoms with van der Waals surface area (Å²) in [6.45, 7) is 0. The Kier molecular flexibility index (Phi) is 4.94. The van der Waals surface area contributed by atoms with E-state index in [2.05, 4.69) is 60.7 Å². The van der Waals surface area contributed by atoms with E-state index < -0.39 is 0 Å². The van der Waals surface area contributed by atoms with Gasteiger partial charge in [-0.05, 0) is 69.4 Å². The summed E-state index contributed by atoms with van der Waals surface area (Å²) in [7, 11) is 0. The van der Waals surface area contributed by atoms with E-state index in [9.17, 15) is 0 Å². The molecule has 0 radical (unpaired) electrons. The maximum atomic E-state index is 5.73. The van der Waals surface area contributed by atoms with Gasteiger partial charge in [0.05, 0.1) is 0 Å². The van der Waals surface area contributed by atoms with Crippen molar-refractivity contribution in [3.63, 3.8) is 0 Å². The summed E-state index contributed by atoms with van der Waals surface area (Å²) in [6, 6.07) is 28.8. The molecule has 4 N–H and O–H groups in total. The van der Waals surface area contributed by atoms with Gasteiger partial charge < -0.3 is 11.5 Å². The van der Waals surface area contributed by atoms with E-state index in [-0.39, 0.29) is 0 Å². The molecule has 0 heterocycles. The van der Waals surface area contributed by atoms with Crippen molar-refractivity contribution < 1.29 is 0 Å². The largest absolute Gasteiger partial charge is 0.399 e. The highest BCUT2D eigenvalue weighted by atomic mass is 14.5. The Morgan fingerprint density at radius 1 is 0.393 bits per heavy atom. The van der Waals surface area contributed by atoms with Crippen LogP contribution in [-0.2, 0) is 0 Å². The SMILES string of the molecule is Nc1ccc(C=Cc2ccc3cc(C=Cc4ccc(N)cc4)ccc3c2)cc1. The van der Waals surface area contributed by atoms with Crippen molar-refractivity contribution in [1.29, 1.82) is 0 Å². The number of nitrogens with two attached hydrogens (primary N) is 2. The summed E-state index contributed by atoms with van der Waals surface area (Å²) < 4.78 is 0. The van der Waals surface area contributed by atoms with Crippen molar-refractivity contribution in [3.05, 3.63) is 107 Å². The van der Waals surface area contributed by atoms with E-state index in [4.69, 9.17) is 11.5 Å². The van der Waals surface area contributed by atoms with Crippen LogP contribution >= 0.6 is 0 Å². The fourth-order valence-corrected chi connectivity index (χ4v) is 3.09. The minimum absolute atomic E-state index is 0.782. The van der Waals surface area contributed by atoms with Gasteiger partial charge in [0, 0.05) is 11.4 Å². The molecule has 0 aliphatic carbocycles. The van der Waals surface area contributed by atoms with Gasteiger partial charge in [0.15, 0.2) is 0 Å². The molecule has 0 saturated heterocycles. The number of rotatable bonds is 4. The summed E-state index contributed by atoms with van der Waals surface area (Å²) in [4.78, 5) is 0. The third-order valence-corrected chi connectivity index (χ3v) is 4.70. The molecular formula is C26H22N2. The summed E-state index contributed by atoms with van der Waals surface area (Å²) in [5, 5.41) is 2.45. The van der Waals surface area contributed by atoms with E-state index in [0.717, 1.165) is 22.5 Å². The smallest absolute Gasteiger partial charge is 0.0314 e. The lowest BCUT2D eigenvalue weighted by Crippen LogP contribution is -1.83. The van der Waals surface area contributed by atoms with Gasteiger partial charge in [0.25, 0.3) is 0 Å². The Labute approximate surface area is 165 Å². The number of anilines is 2. The van der Waals surface area contributed by atoms with Crippen LogP contribution in [-0.4, -0.2) is 0 Å². The lowest BCUT2D eigenvalue weighted by molar-refractivity contribution is 1.64. The Hall–Kier alpha value is -3.78. The van der Waals surface area contributed by atoms with Crippen LogP contribution in [0.5, 0.6) is 0 Å². The molecule has 0 atom stereocenters. The standard InChI is InChI=1S/C26H22N2/c27-25-13-7-19(8-14-25)1-3-21-5-11-24-18-22(6-12-23(24)17-21)4-2-20-9-15-26(28)16-10-20/h1-18H,27-28H2. The third kappa shape index (κ3) is 4.30. The summed E-state index contributed by atoms with van der Waals surface area (Å²) in [6.07, 6.45) is 8.45. The van der Waals surface area contributed by atoms with Crippen molar-refractivity contribution in [2.75, 3.05) is 11.5 Å². The van der Waals surface area contributed by atoms with E-state index in [1.807, 2.05) is 48.5 Å². The molecule has 4 aromatic carbocycles. The van der Waals surface area contributed by atoms with Gasteiger partial charge in [0.2, 0.25) is 0 Å². The summed E-state index contributed by atoms with van der Waals surface area (Å²) in [5.41, 5.74) is 17.7. The Morgan fingerprint density at radius 3 is 1.11 bits per heavy atom. The summed E-state index contributed by atoms with van der Waals surface area (Å²) >= 11 is 0. The molecule has 4 aromatic rings. The lowest BCUT2D eigenvalue weighted by Gasteiger charge is -2.02. The first kappa shape index (κ1) is 17.6. The molecule has 0 saturated carbocycles. The van der Waals surface area contributed by atoms with E-state index >= 15 is 0 Å². The van der Waals surface area contributed by atoms with Crippen molar-refractivity contribution >= 4 is 46.5 Å². The molecule has 0 aliphatic heterocycles. The maximum absolute atomic E-state index is 5.73. The van der Waals surface area contributed by atoms with Gasteiger partial charge in [0.1, 0.15) is 0 Å². The van der Waals surface area contributed by atoms with Crippen LogP contribution in [0.15, 0.2) is 84.9 Å². The average molecular weight is 362 g/mol. The zero-order chi connectivity index (χ0) is 19.3. The molecule has 0 spiro atoms. The van der Waals surface area contributed by atoms with Crippen LogP contribution in [0, 0.1) is 0 Å². The van der Waals surface area contributed by atoms with Gasteiger partial charge in [-0.25, -0.2) is 0 Å². The molecule has 0 aliphatic rings. The fourth-order valence-electron chi connectivity index (χ4n) is 3.09. The summed E-state index contributed by atoms with van der Waals surface area (Å²) in [5.74, 6) is 0. The van der Waals surface area contributed by atoms with Crippen LogP contribution < -0.4 is 11.5 Å². The number of hydrogen-bond donors (Lipinski definition) is 2. The fraction of sp³-hybridized carbons (Fsp3) is 0. The van der Waals surface area contributed by atoms with Gasteiger partial charge in [-0.2, -0.15) is 0 Å². The molecule has 0 unspecified atom stereocenters. The lowest BCUT2D eigenvalue weighted by atomic mass is 10.0. The van der Waals surface area contributed by atoms with Crippen LogP contribution in [0.3, 0.4) is 0 Å². The number of fused-ring (bicyclic) bond motifs is 1. The van der Waals surface area contributed by atoms with Crippen LogP contribution in [0.25, 0.3) is 35.1 Å². The molecule has 2 nitrogen and oxygen atoms in total. The topological polar surface area (TPSA) is 52.0 Å². The van der Waals surface area contributed by atoms with E-state index in [1.165, 1.54) is 21.9 Å².